The van der Waals surface area contributed by atoms with E-state index in [-0.39, 0.29) is 17.5 Å². The molecular formula is C27H23F8N3O3. The summed E-state index contributed by atoms with van der Waals surface area (Å²) in [6, 6.07) is 10.5. The highest BCUT2D eigenvalue weighted by atomic mass is 19.3. The van der Waals surface area contributed by atoms with E-state index in [4.69, 9.17) is 5.73 Å². The highest BCUT2D eigenvalue weighted by Crippen LogP contribution is 2.38. The zero-order valence-corrected chi connectivity index (χ0v) is 21.1. The molecule has 3 aromatic rings. The quantitative estimate of drug-likeness (QED) is 0.258. The van der Waals surface area contributed by atoms with Crippen LogP contribution < -0.4 is 21.1 Å². The van der Waals surface area contributed by atoms with Crippen molar-refractivity contribution in [1.82, 2.24) is 10.6 Å². The van der Waals surface area contributed by atoms with Gasteiger partial charge in [0.25, 0.3) is 5.91 Å². The van der Waals surface area contributed by atoms with Crippen molar-refractivity contribution in [2.24, 2.45) is 5.73 Å². The van der Waals surface area contributed by atoms with Gasteiger partial charge in [-0.1, -0.05) is 42.5 Å². The van der Waals surface area contributed by atoms with Gasteiger partial charge in [-0.2, -0.15) is 26.3 Å². The number of primary amides is 1. The molecule has 4 N–H and O–H groups in total. The second kappa shape index (κ2) is 12.0. The molecular weight excluding hydrogens is 566 g/mol. The fourth-order valence-electron chi connectivity index (χ4n) is 4.00. The molecule has 2 atom stereocenters. The van der Waals surface area contributed by atoms with E-state index in [1.165, 1.54) is 0 Å². The maximum Gasteiger partial charge on any atom is 0.461 e. The summed E-state index contributed by atoms with van der Waals surface area (Å²) in [5, 5.41) is 4.25. The van der Waals surface area contributed by atoms with Gasteiger partial charge in [0.2, 0.25) is 0 Å². The molecule has 0 spiro atoms. The van der Waals surface area contributed by atoms with Gasteiger partial charge in [-0.05, 0) is 47.9 Å². The van der Waals surface area contributed by atoms with Crippen LogP contribution in [0.4, 0.5) is 39.9 Å². The van der Waals surface area contributed by atoms with Crippen LogP contribution in [-0.2, 0) is 16.8 Å². The molecule has 220 valence electrons. The summed E-state index contributed by atoms with van der Waals surface area (Å²) in [5.41, 5.74) is 2.74. The van der Waals surface area contributed by atoms with Crippen LogP contribution in [0.15, 0.2) is 72.8 Å². The third kappa shape index (κ3) is 7.24. The molecule has 41 heavy (non-hydrogen) atoms. The first-order chi connectivity index (χ1) is 19.1. The first-order valence-electron chi connectivity index (χ1n) is 11.8. The zero-order valence-electron chi connectivity index (χ0n) is 21.1. The molecule has 0 saturated carbocycles. The van der Waals surface area contributed by atoms with Crippen LogP contribution in [0.25, 0.3) is 0 Å². The Balaban J connectivity index is 2.22. The average molecular weight is 589 g/mol. The molecule has 14 heteroatoms. The van der Waals surface area contributed by atoms with Gasteiger partial charge in [-0.15, -0.1) is 0 Å². The maximum absolute atomic E-state index is 14.8. The lowest BCUT2D eigenvalue weighted by atomic mass is 9.77. The minimum atomic E-state index is -5.02. The van der Waals surface area contributed by atoms with Gasteiger partial charge in [-0.3, -0.25) is 4.79 Å². The predicted molar refractivity (Wildman–Crippen MR) is 131 cm³/mol. The molecule has 3 aromatic carbocycles. The first kappa shape index (κ1) is 31.2. The minimum absolute atomic E-state index is 0.00406. The zero-order chi connectivity index (χ0) is 30.6. The second-order valence-electron chi connectivity index (χ2n) is 9.02. The van der Waals surface area contributed by atoms with E-state index in [2.05, 4.69) is 10.1 Å². The number of benzene rings is 3. The third-order valence-corrected chi connectivity index (χ3v) is 6.07. The number of urea groups is 1. The predicted octanol–water partition coefficient (Wildman–Crippen LogP) is 5.50. The van der Waals surface area contributed by atoms with E-state index in [0.717, 1.165) is 43.3 Å². The molecule has 0 aliphatic rings. The molecule has 0 heterocycles. The molecule has 0 saturated heterocycles. The summed E-state index contributed by atoms with van der Waals surface area (Å²) in [6.07, 6.45) is -9.62. The van der Waals surface area contributed by atoms with E-state index in [9.17, 15) is 44.7 Å². The Kier molecular flexibility index (Phi) is 9.14. The second-order valence-corrected chi connectivity index (χ2v) is 9.02. The standard InChI is InChI=1S/C27H23F8N3O3/c1-15(26(32,33)23(36)39)37-24(40)38-25(14-16-5-3-2-4-6-16,17-7-9-19(28)10-8-17)18-11-20(29)13-21(12-18)41-27(34,35)22(30)31/h2-13,15,22H,14H2,1H3,(H2,36,39)(H2,37,38,40)/t15?,25-/m1/s1. The lowest BCUT2D eigenvalue weighted by molar-refractivity contribution is -0.253. The van der Waals surface area contributed by atoms with Gasteiger partial charge in [0.15, 0.2) is 0 Å². The molecule has 0 bridgehead atoms. The fourth-order valence-corrected chi connectivity index (χ4v) is 4.00. The summed E-state index contributed by atoms with van der Waals surface area (Å²) < 4.78 is 114. The van der Waals surface area contributed by atoms with Gasteiger partial charge in [0.05, 0.1) is 5.54 Å². The van der Waals surface area contributed by atoms with Crippen molar-refractivity contribution >= 4 is 11.9 Å². The number of ether oxygens (including phenoxy) is 1. The molecule has 0 aliphatic heterocycles. The van der Waals surface area contributed by atoms with Crippen LogP contribution in [0.5, 0.6) is 5.75 Å². The molecule has 6 nitrogen and oxygen atoms in total. The van der Waals surface area contributed by atoms with Crippen molar-refractivity contribution < 1.29 is 49.4 Å². The number of alkyl halides is 6. The van der Waals surface area contributed by atoms with Crippen molar-refractivity contribution in [2.45, 2.75) is 43.4 Å². The summed E-state index contributed by atoms with van der Waals surface area (Å²) in [7, 11) is 0. The Morgan fingerprint density at radius 3 is 2.05 bits per heavy atom. The van der Waals surface area contributed by atoms with E-state index in [1.54, 1.807) is 30.3 Å². The SMILES string of the molecule is CC(NC(=O)N[C@](Cc1ccccc1)(c1ccc(F)cc1)c1cc(F)cc(OC(F)(F)C(F)F)c1)C(F)(F)C(N)=O. The fraction of sp³-hybridized carbons (Fsp3) is 0.259. The van der Waals surface area contributed by atoms with Crippen molar-refractivity contribution in [1.29, 1.82) is 0 Å². The van der Waals surface area contributed by atoms with Crippen LogP contribution >= 0.6 is 0 Å². The molecule has 0 fully saturated rings. The van der Waals surface area contributed by atoms with Gasteiger partial charge >= 0.3 is 24.5 Å². The highest BCUT2D eigenvalue weighted by Gasteiger charge is 2.46. The van der Waals surface area contributed by atoms with Gasteiger partial charge in [0, 0.05) is 12.5 Å². The van der Waals surface area contributed by atoms with Crippen molar-refractivity contribution in [3.8, 4) is 5.75 Å². The average Bonchev–Trinajstić information content (AvgIpc) is 2.88. The topological polar surface area (TPSA) is 93.4 Å². The summed E-state index contributed by atoms with van der Waals surface area (Å²) in [4.78, 5) is 24.3. The Bertz CT molecular complexity index is 1370. The van der Waals surface area contributed by atoms with E-state index in [0.29, 0.717) is 11.6 Å². The Morgan fingerprint density at radius 2 is 1.49 bits per heavy atom. The van der Waals surface area contributed by atoms with Crippen LogP contribution in [0.1, 0.15) is 23.6 Å². The number of carbonyl (C=O) groups excluding carboxylic acids is 2. The maximum atomic E-state index is 14.8. The van der Waals surface area contributed by atoms with E-state index >= 15 is 0 Å². The number of hydrogen-bond acceptors (Lipinski definition) is 3. The molecule has 1 unspecified atom stereocenters. The highest BCUT2D eigenvalue weighted by molar-refractivity contribution is 5.84. The molecule has 3 amide bonds. The lowest BCUT2D eigenvalue weighted by Crippen LogP contribution is -2.58. The van der Waals surface area contributed by atoms with Crippen LogP contribution in [-0.4, -0.2) is 36.4 Å². The van der Waals surface area contributed by atoms with Crippen molar-refractivity contribution in [2.75, 3.05) is 0 Å². The van der Waals surface area contributed by atoms with Crippen LogP contribution in [0.3, 0.4) is 0 Å². The number of amides is 3. The number of hydrogen-bond donors (Lipinski definition) is 3. The molecule has 0 radical (unpaired) electrons. The smallest absolute Gasteiger partial charge is 0.428 e. The summed E-state index contributed by atoms with van der Waals surface area (Å²) >= 11 is 0. The monoisotopic (exact) mass is 589 g/mol. The number of halogens is 8. The molecule has 0 aliphatic carbocycles. The van der Waals surface area contributed by atoms with E-state index < -0.39 is 59.4 Å². The number of nitrogens with two attached hydrogens (primary N) is 1. The van der Waals surface area contributed by atoms with Crippen molar-refractivity contribution in [3.05, 3.63) is 101 Å². The first-order valence-corrected chi connectivity index (χ1v) is 11.8. The van der Waals surface area contributed by atoms with Crippen LogP contribution in [0.2, 0.25) is 0 Å². The Morgan fingerprint density at radius 1 is 0.878 bits per heavy atom. The van der Waals surface area contributed by atoms with Gasteiger partial charge < -0.3 is 21.1 Å². The minimum Gasteiger partial charge on any atom is -0.428 e. The Hall–Kier alpha value is -4.36. The van der Waals surface area contributed by atoms with Crippen LogP contribution in [0, 0.1) is 11.6 Å². The summed E-state index contributed by atoms with van der Waals surface area (Å²) in [6.45, 7) is 0.779. The lowest BCUT2D eigenvalue weighted by Gasteiger charge is -2.37. The van der Waals surface area contributed by atoms with Gasteiger partial charge in [-0.25, -0.2) is 13.6 Å². The number of carbonyl (C=O) groups is 2. The number of nitrogens with one attached hydrogen (secondary N) is 2. The van der Waals surface area contributed by atoms with Crippen molar-refractivity contribution in [3.63, 3.8) is 0 Å². The summed E-state index contributed by atoms with van der Waals surface area (Å²) in [5.74, 6) is -9.28. The molecule has 3 rings (SSSR count). The molecule has 0 aromatic heterocycles. The Labute approximate surface area is 228 Å². The third-order valence-electron chi connectivity index (χ3n) is 6.07. The normalized spacial score (nSPS) is 14.2. The largest absolute Gasteiger partial charge is 0.461 e. The van der Waals surface area contributed by atoms with Gasteiger partial charge in [0.1, 0.15) is 23.4 Å². The van der Waals surface area contributed by atoms with E-state index in [1.807, 2.05) is 5.32 Å². The number of rotatable bonds is 11.